The molecule has 1 aromatic carbocycles. The normalized spacial score (nSPS) is 11.6. The van der Waals surface area contributed by atoms with Crippen LogP contribution in [0.15, 0.2) is 47.1 Å². The Hall–Kier alpha value is -2.55. The molecular weight excluding hydrogens is 427 g/mol. The third-order valence-electron chi connectivity index (χ3n) is 3.90. The lowest BCUT2D eigenvalue weighted by Gasteiger charge is -2.10. The number of alkyl halides is 3. The smallest absolute Gasteiger partial charge is 0.422 e. The Kier molecular flexibility index (Phi) is 5.41. The molecule has 1 N–H and O–H groups in total. The number of carbonyl (C=O) groups is 1. The van der Waals surface area contributed by atoms with Crippen molar-refractivity contribution in [1.29, 1.82) is 0 Å². The zero-order chi connectivity index (χ0) is 19.6. The number of nitrogens with one attached hydrogen (secondary N) is 1. The number of hydrogen-bond donors (Lipinski definition) is 1. The lowest BCUT2D eigenvalue weighted by atomic mass is 10.2. The molecule has 3 aromatic rings. The van der Waals surface area contributed by atoms with Crippen LogP contribution >= 0.6 is 15.9 Å². The van der Waals surface area contributed by atoms with Gasteiger partial charge in [-0.1, -0.05) is 18.2 Å². The third-order valence-corrected chi connectivity index (χ3v) is 4.70. The van der Waals surface area contributed by atoms with Crippen LogP contribution in [0.4, 0.5) is 13.2 Å². The van der Waals surface area contributed by atoms with E-state index in [0.29, 0.717) is 15.7 Å². The van der Waals surface area contributed by atoms with Crippen LogP contribution in [0.5, 0.6) is 5.88 Å². The second-order valence-corrected chi connectivity index (χ2v) is 6.62. The van der Waals surface area contributed by atoms with Gasteiger partial charge in [-0.05, 0) is 33.6 Å². The number of benzene rings is 1. The standard InChI is InChI=1S/C18H15BrF3N3O2/c1-25-13-5-3-2-4-12(13)15(19)16(25)17(26)24-9-11-6-7-23-14(8-11)27-10-18(20,21)22/h2-8H,9-10H2,1H3,(H,24,26). The van der Waals surface area contributed by atoms with Gasteiger partial charge in [0.15, 0.2) is 6.61 Å². The summed E-state index contributed by atoms with van der Waals surface area (Å²) in [4.78, 5) is 16.4. The number of amides is 1. The summed E-state index contributed by atoms with van der Waals surface area (Å²) in [6, 6.07) is 10.5. The molecule has 27 heavy (non-hydrogen) atoms. The van der Waals surface area contributed by atoms with E-state index in [1.54, 1.807) is 17.7 Å². The summed E-state index contributed by atoms with van der Waals surface area (Å²) in [5.74, 6) is -0.458. The van der Waals surface area contributed by atoms with Crippen molar-refractivity contribution in [2.45, 2.75) is 12.7 Å². The minimum atomic E-state index is -4.44. The van der Waals surface area contributed by atoms with Gasteiger partial charge in [0.05, 0.1) is 4.47 Å². The maximum atomic E-state index is 12.6. The van der Waals surface area contributed by atoms with Crippen molar-refractivity contribution in [1.82, 2.24) is 14.9 Å². The van der Waals surface area contributed by atoms with Crippen molar-refractivity contribution in [2.75, 3.05) is 6.61 Å². The zero-order valence-electron chi connectivity index (χ0n) is 14.2. The van der Waals surface area contributed by atoms with Crippen molar-refractivity contribution < 1.29 is 22.7 Å². The van der Waals surface area contributed by atoms with Gasteiger partial charge < -0.3 is 14.6 Å². The number of pyridine rings is 1. The first-order valence-corrected chi connectivity index (χ1v) is 8.71. The van der Waals surface area contributed by atoms with Gasteiger partial charge >= 0.3 is 6.18 Å². The highest BCUT2D eigenvalue weighted by atomic mass is 79.9. The topological polar surface area (TPSA) is 56.2 Å². The predicted octanol–water partition coefficient (Wildman–Crippen LogP) is 4.21. The highest BCUT2D eigenvalue weighted by Gasteiger charge is 2.28. The summed E-state index contributed by atoms with van der Waals surface area (Å²) in [7, 11) is 1.79. The Labute approximate surface area is 161 Å². The summed E-state index contributed by atoms with van der Waals surface area (Å²) < 4.78 is 43.8. The number of aryl methyl sites for hydroxylation is 1. The average Bonchev–Trinajstić information content (AvgIpc) is 2.89. The van der Waals surface area contributed by atoms with Crippen LogP contribution in [-0.2, 0) is 13.6 Å². The van der Waals surface area contributed by atoms with Crippen LogP contribution in [0.3, 0.4) is 0 Å². The van der Waals surface area contributed by atoms with Crippen molar-refractivity contribution in [3.8, 4) is 5.88 Å². The van der Waals surface area contributed by atoms with Crippen molar-refractivity contribution in [3.63, 3.8) is 0 Å². The number of fused-ring (bicyclic) bond motifs is 1. The second-order valence-electron chi connectivity index (χ2n) is 5.83. The molecule has 2 heterocycles. The van der Waals surface area contributed by atoms with Gasteiger partial charge in [0.2, 0.25) is 5.88 Å². The Bertz CT molecular complexity index is 947. The molecule has 0 saturated carbocycles. The molecule has 0 bridgehead atoms. The van der Waals surface area contributed by atoms with Crippen LogP contribution in [0.25, 0.3) is 10.9 Å². The fourth-order valence-electron chi connectivity index (χ4n) is 2.66. The third kappa shape index (κ3) is 4.41. The van der Waals surface area contributed by atoms with Crippen LogP contribution in [-0.4, -0.2) is 28.2 Å². The molecule has 0 saturated heterocycles. The molecule has 0 unspecified atom stereocenters. The molecule has 0 fully saturated rings. The number of aromatic nitrogens is 2. The molecule has 0 atom stereocenters. The Morgan fingerprint density at radius 1 is 1.30 bits per heavy atom. The summed E-state index contributed by atoms with van der Waals surface area (Å²) in [5.41, 5.74) is 1.94. The monoisotopic (exact) mass is 441 g/mol. The quantitative estimate of drug-likeness (QED) is 0.645. The highest BCUT2D eigenvalue weighted by molar-refractivity contribution is 9.10. The number of halogens is 4. The maximum absolute atomic E-state index is 12.6. The second kappa shape index (κ2) is 7.59. The fourth-order valence-corrected chi connectivity index (χ4v) is 3.44. The highest BCUT2D eigenvalue weighted by Crippen LogP contribution is 2.30. The summed E-state index contributed by atoms with van der Waals surface area (Å²) in [6.07, 6.45) is -3.10. The summed E-state index contributed by atoms with van der Waals surface area (Å²) >= 11 is 3.46. The molecule has 3 rings (SSSR count). The number of rotatable bonds is 5. The van der Waals surface area contributed by atoms with Crippen molar-refractivity contribution in [2.24, 2.45) is 7.05 Å². The van der Waals surface area contributed by atoms with Crippen LogP contribution in [0.1, 0.15) is 16.1 Å². The molecule has 0 aliphatic heterocycles. The lowest BCUT2D eigenvalue weighted by molar-refractivity contribution is -0.154. The molecule has 0 aliphatic carbocycles. The largest absolute Gasteiger partial charge is 0.468 e. The fraction of sp³-hybridized carbons (Fsp3) is 0.222. The van der Waals surface area contributed by atoms with E-state index in [1.165, 1.54) is 12.3 Å². The molecule has 2 aromatic heterocycles. The maximum Gasteiger partial charge on any atom is 0.422 e. The van der Waals surface area contributed by atoms with Gasteiger partial charge in [0.25, 0.3) is 5.91 Å². The van der Waals surface area contributed by atoms with E-state index >= 15 is 0 Å². The number of carbonyl (C=O) groups excluding carboxylic acids is 1. The minimum Gasteiger partial charge on any atom is -0.468 e. The van der Waals surface area contributed by atoms with Crippen molar-refractivity contribution in [3.05, 3.63) is 58.3 Å². The number of para-hydroxylation sites is 1. The van der Waals surface area contributed by atoms with Crippen LogP contribution < -0.4 is 10.1 Å². The summed E-state index contributed by atoms with van der Waals surface area (Å²) in [6.45, 7) is -1.30. The minimum absolute atomic E-state index is 0.123. The molecular formula is C18H15BrF3N3O2. The molecule has 142 valence electrons. The zero-order valence-corrected chi connectivity index (χ0v) is 15.8. The first kappa shape index (κ1) is 19.2. The number of ether oxygens (including phenoxy) is 1. The first-order valence-electron chi connectivity index (χ1n) is 7.92. The number of hydrogen-bond acceptors (Lipinski definition) is 3. The van der Waals surface area contributed by atoms with Crippen LogP contribution in [0.2, 0.25) is 0 Å². The van der Waals surface area contributed by atoms with Gasteiger partial charge in [-0.3, -0.25) is 4.79 Å². The van der Waals surface area contributed by atoms with E-state index in [4.69, 9.17) is 0 Å². The molecule has 1 amide bonds. The Morgan fingerprint density at radius 2 is 2.04 bits per heavy atom. The predicted molar refractivity (Wildman–Crippen MR) is 97.6 cm³/mol. The van der Waals surface area contributed by atoms with E-state index in [1.807, 2.05) is 24.3 Å². The lowest BCUT2D eigenvalue weighted by Crippen LogP contribution is -2.25. The van der Waals surface area contributed by atoms with Gasteiger partial charge in [-0.2, -0.15) is 13.2 Å². The number of nitrogens with zero attached hydrogens (tertiary/aromatic N) is 2. The van der Waals surface area contributed by atoms with E-state index in [0.717, 1.165) is 10.9 Å². The summed E-state index contributed by atoms with van der Waals surface area (Å²) in [5, 5.41) is 3.68. The Balaban J connectivity index is 1.71. The van der Waals surface area contributed by atoms with Gasteiger partial charge in [-0.15, -0.1) is 0 Å². The first-order chi connectivity index (χ1) is 12.8. The SMILES string of the molecule is Cn1c(C(=O)NCc2ccnc(OCC(F)(F)F)c2)c(Br)c2ccccc21. The van der Waals surface area contributed by atoms with Gasteiger partial charge in [-0.25, -0.2) is 4.98 Å². The molecule has 0 radical (unpaired) electrons. The van der Waals surface area contributed by atoms with Crippen LogP contribution in [0, 0.1) is 0 Å². The van der Waals surface area contributed by atoms with Gasteiger partial charge in [0.1, 0.15) is 5.69 Å². The van der Waals surface area contributed by atoms with Gasteiger partial charge in [0, 0.05) is 36.8 Å². The molecule has 5 nitrogen and oxygen atoms in total. The molecule has 0 aliphatic rings. The Morgan fingerprint density at radius 3 is 2.74 bits per heavy atom. The molecule has 0 spiro atoms. The van der Waals surface area contributed by atoms with E-state index in [9.17, 15) is 18.0 Å². The van der Waals surface area contributed by atoms with Crippen molar-refractivity contribution >= 4 is 32.7 Å². The van der Waals surface area contributed by atoms with E-state index in [2.05, 4.69) is 31.0 Å². The van der Waals surface area contributed by atoms with E-state index in [-0.39, 0.29) is 18.3 Å². The molecule has 9 heteroatoms. The average molecular weight is 442 g/mol. The van der Waals surface area contributed by atoms with E-state index < -0.39 is 12.8 Å².